The summed E-state index contributed by atoms with van der Waals surface area (Å²) < 4.78 is 0. The maximum atomic E-state index is 11.4. The maximum absolute atomic E-state index is 11.4. The molecule has 4 heteroatoms. The van der Waals surface area contributed by atoms with Crippen LogP contribution in [0.1, 0.15) is 27.7 Å². The van der Waals surface area contributed by atoms with Gasteiger partial charge in [-0.15, -0.1) is 0 Å². The molecule has 0 spiro atoms. The lowest BCUT2D eigenvalue weighted by Gasteiger charge is -2.23. The van der Waals surface area contributed by atoms with E-state index in [-0.39, 0.29) is 24.6 Å². The van der Waals surface area contributed by atoms with E-state index in [4.69, 9.17) is 5.11 Å². The van der Waals surface area contributed by atoms with E-state index >= 15 is 0 Å². The molecule has 0 aliphatic heterocycles. The Hall–Kier alpha value is -0.610. The summed E-state index contributed by atoms with van der Waals surface area (Å²) in [6, 6.07) is -0.276. The molecular formula is C10H22N2O2. The molecule has 0 aromatic rings. The monoisotopic (exact) mass is 202 g/mol. The molecule has 1 unspecified atom stereocenters. The summed E-state index contributed by atoms with van der Waals surface area (Å²) in [5.74, 6) is 0.295. The number of aliphatic hydroxyl groups excluding tert-OH is 1. The third-order valence-corrected chi connectivity index (χ3v) is 2.21. The number of carbonyl (C=O) groups is 1. The molecule has 0 bridgehead atoms. The number of likely N-dealkylation sites (N-methyl/N-ethyl adjacent to an activating group) is 1. The van der Waals surface area contributed by atoms with Crippen LogP contribution < -0.4 is 10.6 Å². The zero-order chi connectivity index (χ0) is 11.1. The maximum Gasteiger partial charge on any atom is 0.236 e. The average Bonchev–Trinajstić information content (AvgIpc) is 2.13. The lowest BCUT2D eigenvalue weighted by Crippen LogP contribution is -2.49. The van der Waals surface area contributed by atoms with Gasteiger partial charge >= 0.3 is 0 Å². The van der Waals surface area contributed by atoms with Crippen molar-refractivity contribution >= 4 is 5.91 Å². The van der Waals surface area contributed by atoms with Crippen molar-refractivity contribution in [2.24, 2.45) is 5.92 Å². The minimum atomic E-state index is -0.255. The molecular weight excluding hydrogens is 180 g/mol. The van der Waals surface area contributed by atoms with Crippen LogP contribution in [0.25, 0.3) is 0 Å². The van der Waals surface area contributed by atoms with Gasteiger partial charge in [0.05, 0.1) is 12.6 Å². The van der Waals surface area contributed by atoms with Crippen LogP contribution in [0.5, 0.6) is 0 Å². The first-order chi connectivity index (χ1) is 6.52. The first-order valence-electron chi connectivity index (χ1n) is 5.17. The van der Waals surface area contributed by atoms with Crippen molar-refractivity contribution in [3.05, 3.63) is 0 Å². The number of hydrogen-bond donors (Lipinski definition) is 3. The van der Waals surface area contributed by atoms with E-state index in [1.165, 1.54) is 0 Å². The van der Waals surface area contributed by atoms with E-state index in [9.17, 15) is 4.79 Å². The van der Waals surface area contributed by atoms with Crippen LogP contribution in [0.2, 0.25) is 0 Å². The number of aliphatic hydroxyl groups is 1. The second-order valence-electron chi connectivity index (χ2n) is 3.82. The van der Waals surface area contributed by atoms with Crippen LogP contribution in [-0.4, -0.2) is 36.2 Å². The number of rotatable bonds is 6. The van der Waals surface area contributed by atoms with Crippen molar-refractivity contribution in [3.63, 3.8) is 0 Å². The van der Waals surface area contributed by atoms with Gasteiger partial charge in [0, 0.05) is 12.6 Å². The molecule has 2 atom stereocenters. The molecule has 0 radical (unpaired) electrons. The fourth-order valence-corrected chi connectivity index (χ4v) is 1.18. The third kappa shape index (κ3) is 4.58. The first-order valence-corrected chi connectivity index (χ1v) is 5.17. The molecule has 0 aromatic heterocycles. The van der Waals surface area contributed by atoms with E-state index in [0.29, 0.717) is 12.5 Å². The van der Waals surface area contributed by atoms with E-state index < -0.39 is 0 Å². The van der Waals surface area contributed by atoms with Gasteiger partial charge in [-0.2, -0.15) is 0 Å². The quantitative estimate of drug-likeness (QED) is 0.573. The number of amides is 1. The summed E-state index contributed by atoms with van der Waals surface area (Å²) in [4.78, 5) is 11.4. The Balaban J connectivity index is 4.01. The van der Waals surface area contributed by atoms with E-state index in [1.807, 2.05) is 20.8 Å². The van der Waals surface area contributed by atoms with Gasteiger partial charge < -0.3 is 15.7 Å². The van der Waals surface area contributed by atoms with Gasteiger partial charge in [-0.3, -0.25) is 4.79 Å². The Bertz CT molecular complexity index is 172. The van der Waals surface area contributed by atoms with E-state index in [1.54, 1.807) is 6.92 Å². The van der Waals surface area contributed by atoms with Gasteiger partial charge in [-0.1, -0.05) is 13.8 Å². The lowest BCUT2D eigenvalue weighted by molar-refractivity contribution is -0.123. The predicted molar refractivity (Wildman–Crippen MR) is 57.0 cm³/mol. The third-order valence-electron chi connectivity index (χ3n) is 2.21. The minimum Gasteiger partial charge on any atom is -0.395 e. The molecule has 84 valence electrons. The second kappa shape index (κ2) is 6.79. The smallest absolute Gasteiger partial charge is 0.236 e. The molecule has 4 nitrogen and oxygen atoms in total. The van der Waals surface area contributed by atoms with Crippen molar-refractivity contribution in [2.45, 2.75) is 39.8 Å². The van der Waals surface area contributed by atoms with Crippen LogP contribution in [-0.2, 0) is 4.79 Å². The SMILES string of the molecule is CCNC(=O)C(C)N[C@H](CO)C(C)C. The zero-order valence-electron chi connectivity index (χ0n) is 9.50. The first kappa shape index (κ1) is 13.4. The summed E-state index contributed by atoms with van der Waals surface area (Å²) >= 11 is 0. The Morgan fingerprint density at radius 3 is 2.29 bits per heavy atom. The van der Waals surface area contributed by atoms with Crippen molar-refractivity contribution in [3.8, 4) is 0 Å². The lowest BCUT2D eigenvalue weighted by atomic mass is 10.0. The van der Waals surface area contributed by atoms with Crippen LogP contribution in [0.15, 0.2) is 0 Å². The van der Waals surface area contributed by atoms with Crippen LogP contribution in [0.4, 0.5) is 0 Å². The number of nitrogens with one attached hydrogen (secondary N) is 2. The number of hydrogen-bond acceptors (Lipinski definition) is 3. The fraction of sp³-hybridized carbons (Fsp3) is 0.900. The van der Waals surface area contributed by atoms with Crippen LogP contribution in [0, 0.1) is 5.92 Å². The second-order valence-corrected chi connectivity index (χ2v) is 3.82. The highest BCUT2D eigenvalue weighted by molar-refractivity contribution is 5.81. The molecule has 1 amide bonds. The van der Waals surface area contributed by atoms with Crippen molar-refractivity contribution in [2.75, 3.05) is 13.2 Å². The highest BCUT2D eigenvalue weighted by atomic mass is 16.3. The molecule has 14 heavy (non-hydrogen) atoms. The average molecular weight is 202 g/mol. The molecule has 3 N–H and O–H groups in total. The molecule has 0 aliphatic rings. The van der Waals surface area contributed by atoms with Gasteiger partial charge in [0.25, 0.3) is 0 Å². The molecule has 0 aromatic carbocycles. The van der Waals surface area contributed by atoms with E-state index in [0.717, 1.165) is 0 Å². The summed E-state index contributed by atoms with van der Waals surface area (Å²) in [6.07, 6.45) is 0. The zero-order valence-corrected chi connectivity index (χ0v) is 9.50. The standard InChI is InChI=1S/C10H22N2O2/c1-5-11-10(14)8(4)12-9(6-13)7(2)3/h7-9,12-13H,5-6H2,1-4H3,(H,11,14)/t8?,9-/m1/s1. The van der Waals surface area contributed by atoms with Crippen molar-refractivity contribution in [1.29, 1.82) is 0 Å². The molecule has 0 saturated carbocycles. The summed E-state index contributed by atoms with van der Waals surface area (Å²) in [7, 11) is 0. The normalized spacial score (nSPS) is 15.3. The molecule has 0 fully saturated rings. The van der Waals surface area contributed by atoms with Crippen molar-refractivity contribution < 1.29 is 9.90 Å². The Labute approximate surface area is 86.1 Å². The van der Waals surface area contributed by atoms with Crippen molar-refractivity contribution in [1.82, 2.24) is 10.6 Å². The Kier molecular flexibility index (Phi) is 6.49. The van der Waals surface area contributed by atoms with E-state index in [2.05, 4.69) is 10.6 Å². The van der Waals surface area contributed by atoms with Gasteiger partial charge in [0.2, 0.25) is 5.91 Å². The number of carbonyl (C=O) groups excluding carboxylic acids is 1. The Morgan fingerprint density at radius 2 is 1.93 bits per heavy atom. The molecule has 0 rings (SSSR count). The Morgan fingerprint density at radius 1 is 1.36 bits per heavy atom. The highest BCUT2D eigenvalue weighted by Crippen LogP contribution is 2.01. The molecule has 0 saturated heterocycles. The molecule has 0 heterocycles. The van der Waals surface area contributed by atoms with Gasteiger partial charge in [-0.25, -0.2) is 0 Å². The summed E-state index contributed by atoms with van der Waals surface area (Å²) in [5, 5.41) is 14.9. The van der Waals surface area contributed by atoms with Gasteiger partial charge in [0.1, 0.15) is 0 Å². The summed E-state index contributed by atoms with van der Waals surface area (Å²) in [6.45, 7) is 8.40. The highest BCUT2D eigenvalue weighted by Gasteiger charge is 2.18. The van der Waals surface area contributed by atoms with Gasteiger partial charge in [-0.05, 0) is 19.8 Å². The van der Waals surface area contributed by atoms with Crippen LogP contribution in [0.3, 0.4) is 0 Å². The largest absolute Gasteiger partial charge is 0.395 e. The van der Waals surface area contributed by atoms with Gasteiger partial charge in [0.15, 0.2) is 0 Å². The summed E-state index contributed by atoms with van der Waals surface area (Å²) in [5.41, 5.74) is 0. The molecule has 0 aliphatic carbocycles. The van der Waals surface area contributed by atoms with Crippen LogP contribution >= 0.6 is 0 Å². The fourth-order valence-electron chi connectivity index (χ4n) is 1.18. The minimum absolute atomic E-state index is 0.0207. The topological polar surface area (TPSA) is 61.4 Å². The predicted octanol–water partition coefficient (Wildman–Crippen LogP) is 0.118.